The smallest absolute Gasteiger partial charge is 0.304 e. The molecule has 22 heavy (non-hydrogen) atoms. The van der Waals surface area contributed by atoms with Gasteiger partial charge in [-0.25, -0.2) is 0 Å². The van der Waals surface area contributed by atoms with Gasteiger partial charge in [0, 0.05) is 12.3 Å². The van der Waals surface area contributed by atoms with E-state index in [4.69, 9.17) is 14.6 Å². The minimum Gasteiger partial charge on any atom is -0.493 e. The first kappa shape index (κ1) is 16.6. The van der Waals surface area contributed by atoms with E-state index in [9.17, 15) is 9.59 Å². The average molecular weight is 325 g/mol. The molecule has 1 heterocycles. The zero-order chi connectivity index (χ0) is 15.9. The van der Waals surface area contributed by atoms with E-state index in [0.717, 1.165) is 12.3 Å². The second-order valence-corrected chi connectivity index (χ2v) is 6.08. The molecule has 2 N–H and O–H groups in total. The Morgan fingerprint density at radius 2 is 2.14 bits per heavy atom. The molecule has 120 valence electrons. The Labute approximate surface area is 133 Å². The van der Waals surface area contributed by atoms with Crippen molar-refractivity contribution in [3.05, 3.63) is 24.3 Å². The maximum absolute atomic E-state index is 12.4. The number of benzene rings is 1. The molecule has 1 aromatic rings. The third-order valence-electron chi connectivity index (χ3n) is 3.31. The van der Waals surface area contributed by atoms with Gasteiger partial charge in [-0.3, -0.25) is 14.9 Å². The molecular formula is C15H19NO5S. The molecule has 2 rings (SSSR count). The number of Topliss-reactive ketones (excluding diaryl/α,β-unsaturated/α-hetero) is 1. The van der Waals surface area contributed by atoms with Crippen LogP contribution in [0.25, 0.3) is 0 Å². The van der Waals surface area contributed by atoms with Crippen LogP contribution in [0.3, 0.4) is 0 Å². The van der Waals surface area contributed by atoms with E-state index in [1.165, 1.54) is 18.9 Å². The topological polar surface area (TPSA) is 84.9 Å². The van der Waals surface area contributed by atoms with Gasteiger partial charge in [-0.05, 0) is 12.1 Å². The van der Waals surface area contributed by atoms with E-state index in [0.29, 0.717) is 11.5 Å². The maximum atomic E-state index is 12.4. The molecule has 1 aliphatic heterocycles. The van der Waals surface area contributed by atoms with Crippen LogP contribution in [0.4, 0.5) is 0 Å². The number of para-hydroxylation sites is 2. The fourth-order valence-corrected chi connectivity index (χ4v) is 3.27. The highest BCUT2D eigenvalue weighted by atomic mass is 32.2. The Hall–Kier alpha value is -1.73. The number of carboxylic acid groups (broad SMARTS) is 1. The van der Waals surface area contributed by atoms with Crippen molar-refractivity contribution in [2.24, 2.45) is 5.92 Å². The summed E-state index contributed by atoms with van der Waals surface area (Å²) in [5.41, 5.74) is 0. The quantitative estimate of drug-likeness (QED) is 0.747. The van der Waals surface area contributed by atoms with Gasteiger partial charge in [0.2, 0.25) is 0 Å². The standard InChI is InChI=1S/C15H19NO5S/c1-20-11-4-2-3-5-12(11)21-9-10(8-13(17)18)14(19)15-16-6-7-22-15/h2-5,10,15-16H,6-9H2,1H3,(H,17,18). The van der Waals surface area contributed by atoms with E-state index in [-0.39, 0.29) is 24.2 Å². The molecule has 0 bridgehead atoms. The van der Waals surface area contributed by atoms with Crippen LogP contribution in [0.2, 0.25) is 0 Å². The third-order valence-corrected chi connectivity index (χ3v) is 4.48. The summed E-state index contributed by atoms with van der Waals surface area (Å²) >= 11 is 1.50. The van der Waals surface area contributed by atoms with Crippen molar-refractivity contribution in [2.75, 3.05) is 26.0 Å². The van der Waals surface area contributed by atoms with Crippen molar-refractivity contribution < 1.29 is 24.2 Å². The summed E-state index contributed by atoms with van der Waals surface area (Å²) in [6.45, 7) is 0.776. The lowest BCUT2D eigenvalue weighted by atomic mass is 10.0. The van der Waals surface area contributed by atoms with E-state index in [2.05, 4.69) is 5.32 Å². The van der Waals surface area contributed by atoms with Crippen molar-refractivity contribution in [1.82, 2.24) is 5.32 Å². The summed E-state index contributed by atoms with van der Waals surface area (Å²) in [4.78, 5) is 23.4. The number of ether oxygens (including phenoxy) is 2. The number of hydrogen-bond acceptors (Lipinski definition) is 6. The summed E-state index contributed by atoms with van der Waals surface area (Å²) < 4.78 is 10.8. The van der Waals surface area contributed by atoms with E-state index >= 15 is 0 Å². The molecule has 1 fully saturated rings. The molecular weight excluding hydrogens is 306 g/mol. The number of aliphatic carboxylic acids is 1. The first-order valence-corrected chi connectivity index (χ1v) is 8.03. The lowest BCUT2D eigenvalue weighted by Crippen LogP contribution is -2.37. The van der Waals surface area contributed by atoms with Crippen molar-refractivity contribution >= 4 is 23.5 Å². The number of rotatable bonds is 8. The van der Waals surface area contributed by atoms with Gasteiger partial charge < -0.3 is 14.6 Å². The second-order valence-electron chi connectivity index (χ2n) is 4.86. The Kier molecular flexibility index (Phi) is 6.09. The number of hydrogen-bond donors (Lipinski definition) is 2. The first-order chi connectivity index (χ1) is 10.6. The van der Waals surface area contributed by atoms with Gasteiger partial charge >= 0.3 is 5.97 Å². The Morgan fingerprint density at radius 3 is 2.73 bits per heavy atom. The number of ketones is 1. The normalized spacial score (nSPS) is 18.7. The largest absolute Gasteiger partial charge is 0.493 e. The molecule has 0 radical (unpaired) electrons. The van der Waals surface area contributed by atoms with Crippen LogP contribution in [0.1, 0.15) is 6.42 Å². The zero-order valence-electron chi connectivity index (χ0n) is 12.3. The molecule has 1 aliphatic rings. The van der Waals surface area contributed by atoms with Gasteiger partial charge in [0.15, 0.2) is 17.3 Å². The van der Waals surface area contributed by atoms with E-state index in [1.807, 2.05) is 6.07 Å². The van der Waals surface area contributed by atoms with Crippen LogP contribution >= 0.6 is 11.8 Å². The summed E-state index contributed by atoms with van der Waals surface area (Å²) in [5, 5.41) is 11.7. The Balaban J connectivity index is 2.02. The maximum Gasteiger partial charge on any atom is 0.304 e. The van der Waals surface area contributed by atoms with Gasteiger partial charge in [-0.15, -0.1) is 11.8 Å². The van der Waals surface area contributed by atoms with Crippen molar-refractivity contribution in [2.45, 2.75) is 11.8 Å². The summed E-state index contributed by atoms with van der Waals surface area (Å²) in [6.07, 6.45) is -0.243. The predicted molar refractivity (Wildman–Crippen MR) is 83.5 cm³/mol. The van der Waals surface area contributed by atoms with Crippen LogP contribution in [0, 0.1) is 5.92 Å². The molecule has 0 saturated carbocycles. The highest BCUT2D eigenvalue weighted by Crippen LogP contribution is 2.27. The summed E-state index contributed by atoms with van der Waals surface area (Å²) in [6, 6.07) is 7.08. The van der Waals surface area contributed by atoms with Gasteiger partial charge in [0.05, 0.1) is 26.1 Å². The molecule has 6 nitrogen and oxygen atoms in total. The number of carboxylic acids is 1. The number of methoxy groups -OCH3 is 1. The summed E-state index contributed by atoms with van der Waals surface area (Å²) in [7, 11) is 1.53. The van der Waals surface area contributed by atoms with Gasteiger partial charge in [0.25, 0.3) is 0 Å². The van der Waals surface area contributed by atoms with Gasteiger partial charge in [-0.2, -0.15) is 0 Å². The monoisotopic (exact) mass is 325 g/mol. The number of nitrogens with one attached hydrogen (secondary N) is 1. The highest BCUT2D eigenvalue weighted by molar-refractivity contribution is 8.00. The van der Waals surface area contributed by atoms with Crippen molar-refractivity contribution in [1.29, 1.82) is 0 Å². The first-order valence-electron chi connectivity index (χ1n) is 6.98. The summed E-state index contributed by atoms with van der Waals surface area (Å²) in [5.74, 6) is 0.0803. The van der Waals surface area contributed by atoms with Crippen LogP contribution in [-0.2, 0) is 9.59 Å². The lowest BCUT2D eigenvalue weighted by Gasteiger charge is -2.19. The SMILES string of the molecule is COc1ccccc1OCC(CC(=O)O)C(=O)C1NCCS1. The molecule has 2 unspecified atom stereocenters. The fraction of sp³-hybridized carbons (Fsp3) is 0.467. The molecule has 1 aromatic carbocycles. The highest BCUT2D eigenvalue weighted by Gasteiger charge is 2.31. The molecule has 0 amide bonds. The minimum atomic E-state index is -1.01. The van der Waals surface area contributed by atoms with Crippen LogP contribution in [-0.4, -0.2) is 48.2 Å². The van der Waals surface area contributed by atoms with Crippen molar-refractivity contribution in [3.63, 3.8) is 0 Å². The Morgan fingerprint density at radius 1 is 1.41 bits per heavy atom. The van der Waals surface area contributed by atoms with E-state index in [1.54, 1.807) is 18.2 Å². The van der Waals surface area contributed by atoms with Crippen LogP contribution < -0.4 is 14.8 Å². The van der Waals surface area contributed by atoms with Crippen LogP contribution in [0.15, 0.2) is 24.3 Å². The zero-order valence-corrected chi connectivity index (χ0v) is 13.1. The molecule has 0 aliphatic carbocycles. The van der Waals surface area contributed by atoms with Gasteiger partial charge in [-0.1, -0.05) is 12.1 Å². The number of carbonyl (C=O) groups is 2. The number of carbonyl (C=O) groups excluding carboxylic acids is 1. The van der Waals surface area contributed by atoms with Crippen molar-refractivity contribution in [3.8, 4) is 11.5 Å². The molecule has 0 aromatic heterocycles. The second kappa shape index (κ2) is 8.05. The lowest BCUT2D eigenvalue weighted by molar-refractivity contribution is -0.141. The predicted octanol–water partition coefficient (Wildman–Crippen LogP) is 1.40. The van der Waals surface area contributed by atoms with Gasteiger partial charge in [0.1, 0.15) is 5.37 Å². The molecule has 7 heteroatoms. The number of thioether (sulfide) groups is 1. The average Bonchev–Trinajstić information content (AvgIpc) is 3.05. The minimum absolute atomic E-state index is 0.0181. The molecule has 0 spiro atoms. The molecule has 1 saturated heterocycles. The fourth-order valence-electron chi connectivity index (χ4n) is 2.20. The Bertz CT molecular complexity index is 530. The van der Waals surface area contributed by atoms with E-state index < -0.39 is 11.9 Å². The molecule has 2 atom stereocenters. The third kappa shape index (κ3) is 4.38. The van der Waals surface area contributed by atoms with Crippen LogP contribution in [0.5, 0.6) is 11.5 Å².